The summed E-state index contributed by atoms with van der Waals surface area (Å²) in [5, 5.41) is 12.9. The van der Waals surface area contributed by atoms with Crippen molar-refractivity contribution in [1.29, 1.82) is 0 Å². The predicted octanol–water partition coefficient (Wildman–Crippen LogP) is 0.819. The van der Waals surface area contributed by atoms with Crippen LogP contribution in [0.4, 0.5) is 0 Å². The molecule has 0 aliphatic heterocycles. The number of hydrogen-bond acceptors (Lipinski definition) is 3. The molecular weight excluding hydrogens is 178 g/mol. The summed E-state index contributed by atoms with van der Waals surface area (Å²) < 4.78 is 1.76. The van der Waals surface area contributed by atoms with Gasteiger partial charge < -0.3 is 5.11 Å². The molecule has 0 radical (unpaired) electrons. The number of aromatic nitrogens is 3. The van der Waals surface area contributed by atoms with Gasteiger partial charge in [0.15, 0.2) is 0 Å². The summed E-state index contributed by atoms with van der Waals surface area (Å²) in [6, 6.07) is 7.78. The molecular formula is C10H11N3O. The first kappa shape index (κ1) is 8.90. The van der Waals surface area contributed by atoms with Crippen molar-refractivity contribution >= 4 is 0 Å². The highest BCUT2D eigenvalue weighted by molar-refractivity contribution is 5.21. The van der Waals surface area contributed by atoms with Crippen LogP contribution in [-0.4, -0.2) is 19.9 Å². The Morgan fingerprint density at radius 1 is 1.14 bits per heavy atom. The van der Waals surface area contributed by atoms with Gasteiger partial charge in [0.05, 0.1) is 13.2 Å². The highest BCUT2D eigenvalue weighted by Crippen LogP contribution is 2.05. The summed E-state index contributed by atoms with van der Waals surface area (Å²) in [7, 11) is 0. The molecule has 0 aliphatic carbocycles. The van der Waals surface area contributed by atoms with Gasteiger partial charge in [-0.25, -0.2) is 9.67 Å². The zero-order valence-electron chi connectivity index (χ0n) is 7.67. The highest BCUT2D eigenvalue weighted by atomic mass is 16.3. The Labute approximate surface area is 81.8 Å². The second-order valence-electron chi connectivity index (χ2n) is 3.07. The molecule has 0 atom stereocenters. The van der Waals surface area contributed by atoms with Gasteiger partial charge in [0, 0.05) is 0 Å². The second-order valence-corrected chi connectivity index (χ2v) is 3.07. The number of aliphatic hydroxyl groups is 1. The Kier molecular flexibility index (Phi) is 2.55. The van der Waals surface area contributed by atoms with E-state index in [4.69, 9.17) is 5.11 Å². The molecule has 1 N–H and O–H groups in total. The van der Waals surface area contributed by atoms with Crippen LogP contribution in [0.5, 0.6) is 0 Å². The maximum Gasteiger partial charge on any atom is 0.137 e. The first-order valence-electron chi connectivity index (χ1n) is 4.39. The molecule has 0 fully saturated rings. The maximum atomic E-state index is 8.86. The first-order chi connectivity index (χ1) is 6.88. The van der Waals surface area contributed by atoms with E-state index in [0.29, 0.717) is 6.54 Å². The van der Waals surface area contributed by atoms with Crippen molar-refractivity contribution in [2.24, 2.45) is 0 Å². The Hall–Kier alpha value is -1.68. The molecule has 14 heavy (non-hydrogen) atoms. The Morgan fingerprint density at radius 3 is 2.43 bits per heavy atom. The van der Waals surface area contributed by atoms with Crippen molar-refractivity contribution in [3.63, 3.8) is 0 Å². The van der Waals surface area contributed by atoms with Crippen molar-refractivity contribution in [3.8, 4) is 0 Å². The van der Waals surface area contributed by atoms with Crippen LogP contribution in [0.15, 0.2) is 36.9 Å². The van der Waals surface area contributed by atoms with Gasteiger partial charge in [-0.1, -0.05) is 24.3 Å². The van der Waals surface area contributed by atoms with Crippen LogP contribution >= 0.6 is 0 Å². The molecule has 0 unspecified atom stereocenters. The van der Waals surface area contributed by atoms with Gasteiger partial charge in [-0.3, -0.25) is 0 Å². The van der Waals surface area contributed by atoms with Gasteiger partial charge in [0.1, 0.15) is 12.7 Å². The summed E-state index contributed by atoms with van der Waals surface area (Å²) >= 11 is 0. The fourth-order valence-corrected chi connectivity index (χ4v) is 1.25. The fraction of sp³-hybridized carbons (Fsp3) is 0.200. The maximum absolute atomic E-state index is 8.86. The third-order valence-corrected chi connectivity index (χ3v) is 2.02. The Morgan fingerprint density at radius 2 is 1.86 bits per heavy atom. The molecule has 0 aliphatic rings. The van der Waals surface area contributed by atoms with Gasteiger partial charge in [-0.05, 0) is 11.1 Å². The molecule has 0 saturated heterocycles. The third kappa shape index (κ3) is 1.97. The van der Waals surface area contributed by atoms with Gasteiger partial charge in [-0.15, -0.1) is 0 Å². The van der Waals surface area contributed by atoms with Gasteiger partial charge >= 0.3 is 0 Å². The van der Waals surface area contributed by atoms with Crippen LogP contribution in [0.3, 0.4) is 0 Å². The van der Waals surface area contributed by atoms with Crippen molar-refractivity contribution in [1.82, 2.24) is 14.8 Å². The van der Waals surface area contributed by atoms with Crippen LogP contribution in [0, 0.1) is 0 Å². The van der Waals surface area contributed by atoms with E-state index in [0.717, 1.165) is 11.1 Å². The topological polar surface area (TPSA) is 50.9 Å². The van der Waals surface area contributed by atoms with Crippen LogP contribution in [0.25, 0.3) is 0 Å². The number of hydrogen-bond donors (Lipinski definition) is 1. The smallest absolute Gasteiger partial charge is 0.137 e. The largest absolute Gasteiger partial charge is 0.392 e. The van der Waals surface area contributed by atoms with Crippen LogP contribution in [-0.2, 0) is 13.2 Å². The molecule has 0 amide bonds. The van der Waals surface area contributed by atoms with E-state index in [1.165, 1.54) is 6.33 Å². The molecule has 1 aromatic heterocycles. The van der Waals surface area contributed by atoms with E-state index in [-0.39, 0.29) is 6.61 Å². The first-order valence-corrected chi connectivity index (χ1v) is 4.39. The number of nitrogens with zero attached hydrogens (tertiary/aromatic N) is 3. The van der Waals surface area contributed by atoms with Gasteiger partial charge in [0.25, 0.3) is 0 Å². The molecule has 0 spiro atoms. The molecule has 4 heteroatoms. The van der Waals surface area contributed by atoms with Crippen LogP contribution < -0.4 is 0 Å². The van der Waals surface area contributed by atoms with Crippen molar-refractivity contribution < 1.29 is 5.11 Å². The quantitative estimate of drug-likeness (QED) is 0.777. The molecule has 0 bridgehead atoms. The van der Waals surface area contributed by atoms with Crippen LogP contribution in [0.2, 0.25) is 0 Å². The zero-order valence-corrected chi connectivity index (χ0v) is 7.67. The minimum Gasteiger partial charge on any atom is -0.392 e. The molecule has 72 valence electrons. The molecule has 4 nitrogen and oxygen atoms in total. The summed E-state index contributed by atoms with van der Waals surface area (Å²) in [5.74, 6) is 0. The minimum absolute atomic E-state index is 0.0869. The lowest BCUT2D eigenvalue weighted by molar-refractivity contribution is 0.282. The Bertz CT molecular complexity index is 380. The summed E-state index contributed by atoms with van der Waals surface area (Å²) in [6.07, 6.45) is 3.20. The predicted molar refractivity (Wildman–Crippen MR) is 51.5 cm³/mol. The lowest BCUT2D eigenvalue weighted by atomic mass is 10.1. The highest BCUT2D eigenvalue weighted by Gasteiger charge is 1.95. The molecule has 2 rings (SSSR count). The number of aliphatic hydroxyl groups excluding tert-OH is 1. The normalized spacial score (nSPS) is 10.4. The third-order valence-electron chi connectivity index (χ3n) is 2.02. The average Bonchev–Trinajstić information content (AvgIpc) is 2.72. The van der Waals surface area contributed by atoms with Gasteiger partial charge in [-0.2, -0.15) is 5.10 Å². The SMILES string of the molecule is OCc1ccc(Cn2cncn2)cc1. The van der Waals surface area contributed by atoms with E-state index in [1.54, 1.807) is 11.0 Å². The summed E-state index contributed by atoms with van der Waals surface area (Å²) in [4.78, 5) is 3.86. The van der Waals surface area contributed by atoms with E-state index >= 15 is 0 Å². The number of benzene rings is 1. The van der Waals surface area contributed by atoms with E-state index in [1.807, 2.05) is 24.3 Å². The van der Waals surface area contributed by atoms with Crippen LogP contribution in [0.1, 0.15) is 11.1 Å². The lowest BCUT2D eigenvalue weighted by Gasteiger charge is -2.01. The molecule has 0 saturated carbocycles. The summed E-state index contributed by atoms with van der Waals surface area (Å²) in [6.45, 7) is 0.801. The van der Waals surface area contributed by atoms with Gasteiger partial charge in [0.2, 0.25) is 0 Å². The fourth-order valence-electron chi connectivity index (χ4n) is 1.25. The van der Waals surface area contributed by atoms with E-state index in [9.17, 15) is 0 Å². The van der Waals surface area contributed by atoms with E-state index < -0.39 is 0 Å². The standard InChI is InChI=1S/C10H11N3O/c14-6-10-3-1-9(2-4-10)5-13-8-11-7-12-13/h1-4,7-8,14H,5-6H2. The Balaban J connectivity index is 2.10. The monoisotopic (exact) mass is 189 g/mol. The van der Waals surface area contributed by atoms with Crippen molar-refractivity contribution in [2.45, 2.75) is 13.2 Å². The number of rotatable bonds is 3. The molecule has 1 heterocycles. The van der Waals surface area contributed by atoms with E-state index in [2.05, 4.69) is 10.1 Å². The zero-order chi connectivity index (χ0) is 9.80. The molecule has 1 aromatic carbocycles. The lowest BCUT2D eigenvalue weighted by Crippen LogP contribution is -1.99. The van der Waals surface area contributed by atoms with Crippen molar-refractivity contribution in [3.05, 3.63) is 48.0 Å². The molecule has 2 aromatic rings. The summed E-state index contributed by atoms with van der Waals surface area (Å²) in [5.41, 5.74) is 2.07. The second kappa shape index (κ2) is 4.02. The average molecular weight is 189 g/mol. The minimum atomic E-state index is 0.0869. The van der Waals surface area contributed by atoms with Crippen molar-refractivity contribution in [2.75, 3.05) is 0 Å².